The fourth-order valence-corrected chi connectivity index (χ4v) is 4.04. The number of likely N-dealkylation sites (tertiary alicyclic amines) is 1. The molecule has 2 fully saturated rings. The van der Waals surface area contributed by atoms with Crippen molar-refractivity contribution in [3.63, 3.8) is 0 Å². The summed E-state index contributed by atoms with van der Waals surface area (Å²) in [4.78, 5) is 26.4. The van der Waals surface area contributed by atoms with Gasteiger partial charge >= 0.3 is 6.09 Å². The molecule has 2 aliphatic rings. The molecule has 1 aromatic rings. The van der Waals surface area contributed by atoms with Crippen LogP contribution in [-0.4, -0.2) is 56.4 Å². The van der Waals surface area contributed by atoms with Gasteiger partial charge in [0.25, 0.3) is 0 Å². The van der Waals surface area contributed by atoms with E-state index in [4.69, 9.17) is 9.47 Å². The van der Waals surface area contributed by atoms with Gasteiger partial charge in [-0.25, -0.2) is 4.79 Å². The second-order valence-electron chi connectivity index (χ2n) is 7.15. The zero-order valence-electron chi connectivity index (χ0n) is 15.4. The van der Waals surface area contributed by atoms with E-state index in [9.17, 15) is 9.59 Å². The maximum Gasteiger partial charge on any atom is 0.410 e. The molecule has 1 atom stereocenters. The second kappa shape index (κ2) is 8.54. The largest absolute Gasteiger partial charge is 0.453 e. The summed E-state index contributed by atoms with van der Waals surface area (Å²) in [7, 11) is 1.36. The Hall–Kier alpha value is -2.08. The first kappa shape index (κ1) is 18.7. The van der Waals surface area contributed by atoms with Crippen LogP contribution in [0, 0.1) is 0 Å². The van der Waals surface area contributed by atoms with Gasteiger partial charge in [-0.15, -0.1) is 0 Å². The van der Waals surface area contributed by atoms with Crippen molar-refractivity contribution in [2.24, 2.45) is 0 Å². The first-order chi connectivity index (χ1) is 12.7. The molecule has 0 bridgehead atoms. The molecule has 2 saturated heterocycles. The van der Waals surface area contributed by atoms with Crippen LogP contribution in [0.2, 0.25) is 0 Å². The summed E-state index contributed by atoms with van der Waals surface area (Å²) in [5.41, 5.74) is 1.12. The maximum absolute atomic E-state index is 12.9. The molecule has 0 aliphatic carbocycles. The number of hydrogen-bond donors (Lipinski definition) is 1. The lowest BCUT2D eigenvalue weighted by Crippen LogP contribution is -2.54. The Balaban J connectivity index is 1.70. The molecule has 26 heavy (non-hydrogen) atoms. The molecule has 2 aliphatic heterocycles. The lowest BCUT2D eigenvalue weighted by molar-refractivity contribution is -0.127. The summed E-state index contributed by atoms with van der Waals surface area (Å²) in [6.45, 7) is 2.53. The smallest absolute Gasteiger partial charge is 0.410 e. The Bertz CT molecular complexity index is 613. The number of benzene rings is 1. The molecule has 0 aromatic heterocycles. The van der Waals surface area contributed by atoms with E-state index in [0.29, 0.717) is 32.7 Å². The van der Waals surface area contributed by atoms with Crippen LogP contribution in [0.3, 0.4) is 0 Å². The van der Waals surface area contributed by atoms with Gasteiger partial charge in [-0.3, -0.25) is 9.69 Å². The first-order valence-electron chi connectivity index (χ1n) is 9.42. The van der Waals surface area contributed by atoms with Gasteiger partial charge in [0.05, 0.1) is 7.11 Å². The molecular weight excluding hydrogens is 332 g/mol. The van der Waals surface area contributed by atoms with E-state index in [0.717, 1.165) is 25.7 Å². The molecule has 1 N–H and O–H groups in total. The Kier molecular flexibility index (Phi) is 6.14. The monoisotopic (exact) mass is 360 g/mol. The number of nitrogens with one attached hydrogen (secondary N) is 1. The molecule has 0 saturated carbocycles. The highest BCUT2D eigenvalue weighted by Gasteiger charge is 2.37. The van der Waals surface area contributed by atoms with Crippen LogP contribution in [-0.2, 0) is 19.7 Å². The maximum atomic E-state index is 12.9. The van der Waals surface area contributed by atoms with Crippen LogP contribution in [0.4, 0.5) is 4.79 Å². The number of ether oxygens (including phenoxy) is 2. The van der Waals surface area contributed by atoms with Gasteiger partial charge in [-0.05, 0) is 37.7 Å². The van der Waals surface area contributed by atoms with Crippen molar-refractivity contribution in [1.82, 2.24) is 10.2 Å². The summed E-state index contributed by atoms with van der Waals surface area (Å²) in [6.07, 6.45) is 3.87. The van der Waals surface area contributed by atoms with Crippen LogP contribution >= 0.6 is 0 Å². The first-order valence-corrected chi connectivity index (χ1v) is 9.42. The minimum atomic E-state index is -0.441. The lowest BCUT2D eigenvalue weighted by Gasteiger charge is -2.39. The summed E-state index contributed by atoms with van der Waals surface area (Å²) < 4.78 is 10.4. The number of rotatable bonds is 4. The number of hydrogen-bond acceptors (Lipinski definition) is 4. The van der Waals surface area contributed by atoms with E-state index >= 15 is 0 Å². The normalized spacial score (nSPS) is 22.5. The van der Waals surface area contributed by atoms with Gasteiger partial charge in [0.1, 0.15) is 6.04 Å². The Labute approximate surface area is 154 Å². The molecule has 0 spiro atoms. The van der Waals surface area contributed by atoms with Crippen molar-refractivity contribution in [2.75, 3.05) is 33.4 Å². The van der Waals surface area contributed by atoms with Gasteiger partial charge in [0.2, 0.25) is 5.91 Å². The predicted octanol–water partition coefficient (Wildman–Crippen LogP) is 2.47. The Morgan fingerprint density at radius 2 is 1.96 bits per heavy atom. The van der Waals surface area contributed by atoms with E-state index in [-0.39, 0.29) is 11.3 Å². The Morgan fingerprint density at radius 3 is 2.65 bits per heavy atom. The fourth-order valence-electron chi connectivity index (χ4n) is 4.04. The summed E-state index contributed by atoms with van der Waals surface area (Å²) in [6, 6.07) is 9.88. The number of piperidine rings is 1. The van der Waals surface area contributed by atoms with Gasteiger partial charge in [0, 0.05) is 31.7 Å². The van der Waals surface area contributed by atoms with E-state index in [1.807, 2.05) is 18.2 Å². The summed E-state index contributed by atoms with van der Waals surface area (Å²) in [5.74, 6) is -0.0862. The minimum absolute atomic E-state index is 0.0862. The molecule has 2 heterocycles. The third-order valence-corrected chi connectivity index (χ3v) is 5.65. The minimum Gasteiger partial charge on any atom is -0.453 e. The summed E-state index contributed by atoms with van der Waals surface area (Å²) >= 11 is 0. The van der Waals surface area contributed by atoms with E-state index in [1.165, 1.54) is 12.7 Å². The van der Waals surface area contributed by atoms with Crippen LogP contribution in [0.15, 0.2) is 30.3 Å². The van der Waals surface area contributed by atoms with E-state index < -0.39 is 12.1 Å². The molecule has 6 heteroatoms. The molecule has 0 unspecified atom stereocenters. The number of methoxy groups -OCH3 is 1. The molecule has 0 radical (unpaired) electrons. The SMILES string of the molecule is COC(=O)N1CCCC[C@@H]1C(=O)NCC1(c2ccccc2)CCOCC1. The van der Waals surface area contributed by atoms with Crippen molar-refractivity contribution in [3.05, 3.63) is 35.9 Å². The quantitative estimate of drug-likeness (QED) is 0.896. The zero-order chi connectivity index (χ0) is 18.4. The van der Waals surface area contributed by atoms with Crippen molar-refractivity contribution >= 4 is 12.0 Å². The number of carbonyl (C=O) groups excluding carboxylic acids is 2. The summed E-state index contributed by atoms with van der Waals surface area (Å²) in [5, 5.41) is 3.13. The predicted molar refractivity (Wildman–Crippen MR) is 97.9 cm³/mol. The number of carbonyl (C=O) groups is 2. The van der Waals surface area contributed by atoms with Crippen LogP contribution in [0.25, 0.3) is 0 Å². The second-order valence-corrected chi connectivity index (χ2v) is 7.15. The highest BCUT2D eigenvalue weighted by molar-refractivity contribution is 5.85. The zero-order valence-corrected chi connectivity index (χ0v) is 15.4. The molecule has 3 rings (SSSR count). The van der Waals surface area contributed by atoms with Crippen molar-refractivity contribution in [2.45, 2.75) is 43.6 Å². The van der Waals surface area contributed by atoms with Gasteiger partial charge < -0.3 is 14.8 Å². The fraction of sp³-hybridized carbons (Fsp3) is 0.600. The Morgan fingerprint density at radius 1 is 1.23 bits per heavy atom. The van der Waals surface area contributed by atoms with Crippen LogP contribution < -0.4 is 5.32 Å². The van der Waals surface area contributed by atoms with Crippen LogP contribution in [0.1, 0.15) is 37.7 Å². The highest BCUT2D eigenvalue weighted by atomic mass is 16.5. The van der Waals surface area contributed by atoms with E-state index in [1.54, 1.807) is 4.90 Å². The number of amides is 2. The molecule has 1 aromatic carbocycles. The molecule has 142 valence electrons. The third-order valence-electron chi connectivity index (χ3n) is 5.65. The average molecular weight is 360 g/mol. The number of nitrogens with zero attached hydrogens (tertiary/aromatic N) is 1. The van der Waals surface area contributed by atoms with Gasteiger partial charge in [0.15, 0.2) is 0 Å². The van der Waals surface area contributed by atoms with Gasteiger partial charge in [-0.1, -0.05) is 30.3 Å². The van der Waals surface area contributed by atoms with Crippen molar-refractivity contribution < 1.29 is 19.1 Å². The highest BCUT2D eigenvalue weighted by Crippen LogP contribution is 2.34. The van der Waals surface area contributed by atoms with E-state index in [2.05, 4.69) is 17.4 Å². The van der Waals surface area contributed by atoms with Crippen molar-refractivity contribution in [3.8, 4) is 0 Å². The molecular formula is C20H28N2O4. The van der Waals surface area contributed by atoms with Gasteiger partial charge in [-0.2, -0.15) is 0 Å². The van der Waals surface area contributed by atoms with Crippen LogP contribution in [0.5, 0.6) is 0 Å². The van der Waals surface area contributed by atoms with Crippen molar-refractivity contribution in [1.29, 1.82) is 0 Å². The lowest BCUT2D eigenvalue weighted by atomic mass is 9.74. The average Bonchev–Trinajstić information content (AvgIpc) is 2.72. The molecule has 2 amide bonds. The third kappa shape index (κ3) is 4.01. The topological polar surface area (TPSA) is 67.9 Å². The molecule has 6 nitrogen and oxygen atoms in total. The standard InChI is InChI=1S/C20H28N2O4/c1-25-19(24)22-12-6-5-9-17(22)18(23)21-15-20(10-13-26-14-11-20)16-7-3-2-4-8-16/h2-4,7-8,17H,5-6,9-15H2,1H3,(H,21,23)/t17-/m1/s1.